The third-order valence-corrected chi connectivity index (χ3v) is 11.9. The lowest BCUT2D eigenvalue weighted by molar-refractivity contribution is -0.0662. The number of allylic oxidation sites excluding steroid dienone is 1. The summed E-state index contributed by atoms with van der Waals surface area (Å²) in [6, 6.07) is 6.96. The highest BCUT2D eigenvalue weighted by Gasteiger charge is 2.59. The molecule has 3 saturated carbocycles. The number of ether oxygens (including phenoxy) is 2. The van der Waals surface area contributed by atoms with Crippen LogP contribution in [-0.2, 0) is 0 Å². The van der Waals surface area contributed by atoms with Crippen molar-refractivity contribution in [3.05, 3.63) is 41.0 Å². The van der Waals surface area contributed by atoms with Gasteiger partial charge in [0.1, 0.15) is 6.61 Å². The average molecular weight is 549 g/mol. The standard InChI is InChI=1S/C35H52N2O3/c1-34-14-12-27(37-16-6-7-17-37)23-26(34)9-10-28-29(34)13-15-35(2)30(28)22-25(33(35)38)20-24-8-11-31(32(21-24)39-5)40-19-18-36(3)4/h8-9,11,20-21,27-30,33,38H,6-7,10,12-19,22-23H2,1-5H3/b25-20+/t27-,28+,29-,30-,33-,34-,35-/m0/s1. The minimum atomic E-state index is -0.371. The van der Waals surface area contributed by atoms with Gasteiger partial charge in [-0.25, -0.2) is 0 Å². The van der Waals surface area contributed by atoms with E-state index < -0.39 is 0 Å². The van der Waals surface area contributed by atoms with E-state index in [0.717, 1.165) is 48.4 Å². The number of likely N-dealkylation sites (tertiary alicyclic amines) is 1. The van der Waals surface area contributed by atoms with E-state index in [4.69, 9.17) is 9.47 Å². The van der Waals surface area contributed by atoms with Crippen LogP contribution in [-0.4, -0.2) is 74.5 Å². The van der Waals surface area contributed by atoms with Gasteiger partial charge in [-0.05, 0) is 131 Å². The lowest BCUT2D eigenvalue weighted by Gasteiger charge is -2.58. The molecule has 40 heavy (non-hydrogen) atoms. The van der Waals surface area contributed by atoms with Gasteiger partial charge in [0.15, 0.2) is 11.5 Å². The van der Waals surface area contributed by atoms with Crippen molar-refractivity contribution in [1.29, 1.82) is 0 Å². The summed E-state index contributed by atoms with van der Waals surface area (Å²) >= 11 is 0. The predicted octanol–water partition coefficient (Wildman–Crippen LogP) is 6.42. The summed E-state index contributed by atoms with van der Waals surface area (Å²) in [5.74, 6) is 3.52. The van der Waals surface area contributed by atoms with Crippen molar-refractivity contribution in [3.63, 3.8) is 0 Å². The average Bonchev–Trinajstić information content (AvgIpc) is 3.56. The van der Waals surface area contributed by atoms with E-state index in [1.54, 1.807) is 12.7 Å². The van der Waals surface area contributed by atoms with E-state index >= 15 is 0 Å². The Morgan fingerprint density at radius 3 is 2.60 bits per heavy atom. The Bertz CT molecular complexity index is 1140. The fourth-order valence-corrected chi connectivity index (χ4v) is 9.50. The molecule has 5 nitrogen and oxygen atoms in total. The van der Waals surface area contributed by atoms with Crippen molar-refractivity contribution < 1.29 is 14.6 Å². The molecule has 1 saturated heterocycles. The summed E-state index contributed by atoms with van der Waals surface area (Å²) in [6.07, 6.45) is 15.9. The van der Waals surface area contributed by atoms with Crippen molar-refractivity contribution in [2.45, 2.75) is 83.8 Å². The van der Waals surface area contributed by atoms with E-state index in [9.17, 15) is 5.11 Å². The van der Waals surface area contributed by atoms with Gasteiger partial charge in [0, 0.05) is 18.0 Å². The number of aliphatic hydroxyl groups excluding tert-OH is 1. The Balaban J connectivity index is 1.20. The summed E-state index contributed by atoms with van der Waals surface area (Å²) in [6.45, 7) is 9.10. The Labute approximate surface area is 242 Å². The molecule has 0 unspecified atom stereocenters. The zero-order valence-electron chi connectivity index (χ0n) is 25.6. The molecular weight excluding hydrogens is 496 g/mol. The third-order valence-electron chi connectivity index (χ3n) is 11.9. The number of fused-ring (bicyclic) bond motifs is 5. The Morgan fingerprint density at radius 2 is 1.85 bits per heavy atom. The summed E-state index contributed by atoms with van der Waals surface area (Å²) < 4.78 is 11.7. The van der Waals surface area contributed by atoms with Crippen molar-refractivity contribution in [3.8, 4) is 11.5 Å². The first-order chi connectivity index (χ1) is 19.2. The number of likely N-dealkylation sites (N-methyl/N-ethyl adjacent to an activating group) is 1. The molecule has 1 N–H and O–H groups in total. The fourth-order valence-electron chi connectivity index (χ4n) is 9.50. The summed E-state index contributed by atoms with van der Waals surface area (Å²) in [4.78, 5) is 4.90. The molecule has 0 radical (unpaired) electrons. The highest BCUT2D eigenvalue weighted by Crippen LogP contribution is 2.66. The molecule has 5 heteroatoms. The topological polar surface area (TPSA) is 45.2 Å². The van der Waals surface area contributed by atoms with Crippen LogP contribution in [0.3, 0.4) is 0 Å². The van der Waals surface area contributed by atoms with Crippen molar-refractivity contribution in [2.24, 2.45) is 28.6 Å². The molecule has 0 spiro atoms. The van der Waals surface area contributed by atoms with E-state index in [0.29, 0.717) is 23.9 Å². The van der Waals surface area contributed by atoms with Crippen molar-refractivity contribution >= 4 is 6.08 Å². The van der Waals surface area contributed by atoms with Gasteiger partial charge in [-0.2, -0.15) is 0 Å². The monoisotopic (exact) mass is 548 g/mol. The normalized spacial score (nSPS) is 38.6. The maximum absolute atomic E-state index is 11.7. The first-order valence-corrected chi connectivity index (χ1v) is 16.0. The second kappa shape index (κ2) is 11.1. The largest absolute Gasteiger partial charge is 0.493 e. The highest BCUT2D eigenvalue weighted by molar-refractivity contribution is 5.60. The van der Waals surface area contributed by atoms with Gasteiger partial charge in [-0.3, -0.25) is 0 Å². The van der Waals surface area contributed by atoms with Crippen LogP contribution in [0.1, 0.15) is 77.2 Å². The van der Waals surface area contributed by atoms with Crippen molar-refractivity contribution in [2.75, 3.05) is 47.4 Å². The minimum Gasteiger partial charge on any atom is -0.493 e. The molecule has 4 aliphatic carbocycles. The molecule has 5 aliphatic rings. The minimum absolute atomic E-state index is 0.0270. The van der Waals surface area contributed by atoms with Crippen LogP contribution in [0.25, 0.3) is 6.08 Å². The van der Waals surface area contributed by atoms with E-state index in [2.05, 4.69) is 47.9 Å². The van der Waals surface area contributed by atoms with Crippen LogP contribution in [0.4, 0.5) is 0 Å². The molecule has 1 aromatic carbocycles. The Hall–Kier alpha value is -1.82. The van der Waals surface area contributed by atoms with Gasteiger partial charge in [0.2, 0.25) is 0 Å². The summed E-state index contributed by atoms with van der Waals surface area (Å²) in [5.41, 5.74) is 4.39. The van der Waals surface area contributed by atoms with Gasteiger partial charge in [0.25, 0.3) is 0 Å². The van der Waals surface area contributed by atoms with Gasteiger partial charge in [-0.1, -0.05) is 37.6 Å². The maximum atomic E-state index is 11.7. The molecule has 1 aromatic rings. The maximum Gasteiger partial charge on any atom is 0.161 e. The summed E-state index contributed by atoms with van der Waals surface area (Å²) in [7, 11) is 5.80. The predicted molar refractivity (Wildman–Crippen MR) is 163 cm³/mol. The number of hydrogen-bond donors (Lipinski definition) is 1. The molecule has 220 valence electrons. The van der Waals surface area contributed by atoms with Crippen LogP contribution >= 0.6 is 0 Å². The first-order valence-electron chi connectivity index (χ1n) is 16.0. The molecule has 1 heterocycles. The van der Waals surface area contributed by atoms with E-state index in [1.165, 1.54) is 63.6 Å². The quantitative estimate of drug-likeness (QED) is 0.399. The van der Waals surface area contributed by atoms with Crippen LogP contribution in [0.15, 0.2) is 35.4 Å². The number of benzene rings is 1. The van der Waals surface area contributed by atoms with Crippen LogP contribution in [0.2, 0.25) is 0 Å². The smallest absolute Gasteiger partial charge is 0.161 e. The van der Waals surface area contributed by atoms with Gasteiger partial charge < -0.3 is 24.4 Å². The number of methoxy groups -OCH3 is 1. The van der Waals surface area contributed by atoms with E-state index in [-0.39, 0.29) is 11.5 Å². The third kappa shape index (κ3) is 4.94. The van der Waals surface area contributed by atoms with Crippen LogP contribution < -0.4 is 9.47 Å². The summed E-state index contributed by atoms with van der Waals surface area (Å²) in [5, 5.41) is 11.7. The molecule has 0 aromatic heterocycles. The van der Waals surface area contributed by atoms with Gasteiger partial charge in [0.05, 0.1) is 13.2 Å². The number of nitrogens with zero attached hydrogens (tertiary/aromatic N) is 2. The number of rotatable bonds is 7. The lowest BCUT2D eigenvalue weighted by Crippen LogP contribution is -2.52. The van der Waals surface area contributed by atoms with Crippen LogP contribution in [0, 0.1) is 28.6 Å². The SMILES string of the molecule is COc1cc(/C=C2\C[C@H]3[C@@H]4CC=C5C[C@@H](N6CCCC6)CC[C@]5(C)[C@H]4CC[C@]3(C)[C@H]2O)ccc1OCCN(C)C. The highest BCUT2D eigenvalue weighted by atomic mass is 16.5. The number of aliphatic hydroxyl groups is 1. The van der Waals surface area contributed by atoms with Crippen LogP contribution in [0.5, 0.6) is 11.5 Å². The molecular formula is C35H52N2O3. The Kier molecular flexibility index (Phi) is 7.86. The van der Waals surface area contributed by atoms with Gasteiger partial charge in [-0.15, -0.1) is 0 Å². The first kappa shape index (κ1) is 28.3. The lowest BCUT2D eigenvalue weighted by atomic mass is 9.48. The fraction of sp³-hybridized carbons (Fsp3) is 0.714. The zero-order chi connectivity index (χ0) is 28.1. The molecule has 7 atom stereocenters. The Morgan fingerprint density at radius 1 is 1.05 bits per heavy atom. The second-order valence-corrected chi connectivity index (χ2v) is 14.3. The van der Waals surface area contributed by atoms with Crippen molar-refractivity contribution in [1.82, 2.24) is 9.80 Å². The molecule has 0 bridgehead atoms. The molecule has 1 aliphatic heterocycles. The zero-order valence-corrected chi connectivity index (χ0v) is 25.6. The molecule has 0 amide bonds. The number of hydrogen-bond acceptors (Lipinski definition) is 5. The second-order valence-electron chi connectivity index (χ2n) is 14.3. The molecule has 6 rings (SSSR count). The molecule has 4 fully saturated rings. The van der Waals surface area contributed by atoms with E-state index in [1.807, 2.05) is 20.2 Å². The van der Waals surface area contributed by atoms with Gasteiger partial charge >= 0.3 is 0 Å².